The Bertz CT molecular complexity index is 1400. The third-order valence-electron chi connectivity index (χ3n) is 5.26. The Morgan fingerprint density at radius 2 is 1.39 bits per heavy atom. The van der Waals surface area contributed by atoms with Gasteiger partial charge in [-0.2, -0.15) is 0 Å². The van der Waals surface area contributed by atoms with Crippen molar-refractivity contribution in [3.8, 4) is 0 Å². The molecule has 7 heteroatoms. The maximum Gasteiger partial charge on any atom is 0.261 e. The van der Waals surface area contributed by atoms with E-state index in [1.807, 2.05) is 50.2 Å². The van der Waals surface area contributed by atoms with Crippen LogP contribution < -0.4 is 16.1 Å². The molecule has 0 aliphatic heterocycles. The number of aryl methyl sites for hydroxylation is 3. The molecule has 0 unspecified atom stereocenters. The number of carbonyl (C=O) groups excluding carboxylic acids is 2. The van der Waals surface area contributed by atoms with E-state index in [-0.39, 0.29) is 23.4 Å². The van der Waals surface area contributed by atoms with E-state index in [9.17, 15) is 14.4 Å². The molecule has 0 saturated heterocycles. The Labute approximate surface area is 191 Å². The van der Waals surface area contributed by atoms with Crippen molar-refractivity contribution in [1.82, 2.24) is 9.55 Å². The minimum Gasteiger partial charge on any atom is -0.325 e. The van der Waals surface area contributed by atoms with Crippen molar-refractivity contribution in [3.05, 3.63) is 99.5 Å². The maximum atomic E-state index is 13.1. The van der Waals surface area contributed by atoms with Crippen LogP contribution in [0.15, 0.2) is 71.7 Å². The number of rotatable bonds is 5. The molecule has 7 nitrogen and oxygen atoms in total. The van der Waals surface area contributed by atoms with Crippen molar-refractivity contribution >= 4 is 34.2 Å². The zero-order valence-electron chi connectivity index (χ0n) is 18.7. The molecule has 0 aliphatic rings. The number of nitrogens with one attached hydrogen (secondary N) is 2. The highest BCUT2D eigenvalue weighted by Gasteiger charge is 2.18. The van der Waals surface area contributed by atoms with E-state index >= 15 is 0 Å². The molecule has 0 bridgehead atoms. The smallest absolute Gasteiger partial charge is 0.261 e. The van der Waals surface area contributed by atoms with E-state index in [1.54, 1.807) is 31.2 Å². The van der Waals surface area contributed by atoms with Crippen LogP contribution in [0.25, 0.3) is 11.0 Å². The molecule has 2 aromatic carbocycles. The molecule has 2 N–H and O–H groups in total. The molecular weight excluding hydrogens is 416 g/mol. The number of aromatic nitrogens is 2. The van der Waals surface area contributed by atoms with Crippen LogP contribution in [0.4, 0.5) is 11.4 Å². The summed E-state index contributed by atoms with van der Waals surface area (Å²) in [6, 6.07) is 18.1. The first-order valence-electron chi connectivity index (χ1n) is 10.6. The first kappa shape index (κ1) is 22.0. The van der Waals surface area contributed by atoms with Gasteiger partial charge in [0, 0.05) is 23.3 Å². The van der Waals surface area contributed by atoms with Crippen molar-refractivity contribution < 1.29 is 9.59 Å². The van der Waals surface area contributed by atoms with E-state index in [2.05, 4.69) is 15.6 Å². The minimum absolute atomic E-state index is 0.0585. The summed E-state index contributed by atoms with van der Waals surface area (Å²) in [5.41, 5.74) is 3.95. The molecule has 0 fully saturated rings. The molecule has 2 heterocycles. The number of hydrogen-bond acceptors (Lipinski definition) is 4. The first-order valence-corrected chi connectivity index (χ1v) is 10.6. The second-order valence-electron chi connectivity index (χ2n) is 8.06. The summed E-state index contributed by atoms with van der Waals surface area (Å²) in [5.74, 6) is -0.837. The molecule has 33 heavy (non-hydrogen) atoms. The highest BCUT2D eigenvalue weighted by atomic mass is 16.2. The lowest BCUT2D eigenvalue weighted by Gasteiger charge is -2.14. The van der Waals surface area contributed by atoms with Crippen LogP contribution in [0.1, 0.15) is 27.2 Å². The Kier molecular flexibility index (Phi) is 6.04. The Morgan fingerprint density at radius 1 is 0.818 bits per heavy atom. The van der Waals surface area contributed by atoms with Crippen molar-refractivity contribution in [2.45, 2.75) is 27.3 Å². The fourth-order valence-corrected chi connectivity index (χ4v) is 3.47. The van der Waals surface area contributed by atoms with E-state index < -0.39 is 11.3 Å². The third kappa shape index (κ3) is 4.98. The molecule has 0 spiro atoms. The van der Waals surface area contributed by atoms with Crippen molar-refractivity contribution in [2.24, 2.45) is 0 Å². The van der Waals surface area contributed by atoms with Gasteiger partial charge < -0.3 is 15.2 Å². The number of hydrogen-bond donors (Lipinski definition) is 2. The number of anilines is 2. The standard InChI is InChI=1S/C26H24N4O3/c1-16-4-9-19(10-5-16)28-23(31)15-30-14-22(24(32)21-13-8-18(3)27-25(21)30)26(33)29-20-11-6-17(2)7-12-20/h4-14H,15H2,1-3H3,(H,28,31)(H,29,33). The normalized spacial score (nSPS) is 10.8. The Balaban J connectivity index is 1.69. The summed E-state index contributed by atoms with van der Waals surface area (Å²) in [4.78, 5) is 43.2. The van der Waals surface area contributed by atoms with Gasteiger partial charge in [-0.25, -0.2) is 4.98 Å². The van der Waals surface area contributed by atoms with Crippen molar-refractivity contribution in [1.29, 1.82) is 0 Å². The van der Waals surface area contributed by atoms with Gasteiger partial charge in [0.15, 0.2) is 0 Å². The number of carbonyl (C=O) groups is 2. The summed E-state index contributed by atoms with van der Waals surface area (Å²) in [6.45, 7) is 5.62. The second kappa shape index (κ2) is 9.08. The number of amides is 2. The summed E-state index contributed by atoms with van der Waals surface area (Å²) in [7, 11) is 0. The van der Waals surface area contributed by atoms with E-state index in [1.165, 1.54) is 10.8 Å². The van der Waals surface area contributed by atoms with E-state index in [4.69, 9.17) is 0 Å². The topological polar surface area (TPSA) is 93.1 Å². The van der Waals surface area contributed by atoms with Gasteiger partial charge >= 0.3 is 0 Å². The average molecular weight is 441 g/mol. The van der Waals surface area contributed by atoms with Gasteiger partial charge in [0.25, 0.3) is 5.91 Å². The summed E-state index contributed by atoms with van der Waals surface area (Å²) in [6.07, 6.45) is 1.40. The van der Waals surface area contributed by atoms with Crippen LogP contribution in [0.2, 0.25) is 0 Å². The van der Waals surface area contributed by atoms with Crippen LogP contribution in [0.5, 0.6) is 0 Å². The fourth-order valence-electron chi connectivity index (χ4n) is 3.47. The van der Waals surface area contributed by atoms with Gasteiger partial charge in [-0.05, 0) is 57.2 Å². The van der Waals surface area contributed by atoms with Crippen LogP contribution in [-0.2, 0) is 11.3 Å². The molecule has 2 aromatic heterocycles. The van der Waals surface area contributed by atoms with Crippen molar-refractivity contribution in [2.75, 3.05) is 10.6 Å². The summed E-state index contributed by atoms with van der Waals surface area (Å²) in [5, 5.41) is 5.87. The molecule has 0 saturated carbocycles. The number of pyridine rings is 2. The van der Waals surface area contributed by atoms with Gasteiger partial charge in [-0.1, -0.05) is 35.4 Å². The Hall–Kier alpha value is -4.26. The summed E-state index contributed by atoms with van der Waals surface area (Å²) < 4.78 is 1.54. The second-order valence-corrected chi connectivity index (χ2v) is 8.06. The van der Waals surface area contributed by atoms with Crippen LogP contribution >= 0.6 is 0 Å². The van der Waals surface area contributed by atoms with Gasteiger partial charge in [0.2, 0.25) is 11.3 Å². The van der Waals surface area contributed by atoms with Crippen molar-refractivity contribution in [3.63, 3.8) is 0 Å². The molecule has 0 aliphatic carbocycles. The molecule has 4 aromatic rings. The van der Waals surface area contributed by atoms with E-state index in [0.29, 0.717) is 22.7 Å². The first-order chi connectivity index (χ1) is 15.8. The predicted octanol–water partition coefficient (Wildman–Crippen LogP) is 4.21. The molecule has 4 rings (SSSR count). The highest BCUT2D eigenvalue weighted by Crippen LogP contribution is 2.15. The quantitative estimate of drug-likeness (QED) is 0.486. The number of benzene rings is 2. The molecule has 0 radical (unpaired) electrons. The number of nitrogens with zero attached hydrogens (tertiary/aromatic N) is 2. The Morgan fingerprint density at radius 3 is 2.00 bits per heavy atom. The van der Waals surface area contributed by atoms with Crippen LogP contribution in [-0.4, -0.2) is 21.4 Å². The molecule has 2 amide bonds. The number of fused-ring (bicyclic) bond motifs is 1. The SMILES string of the molecule is Cc1ccc(NC(=O)Cn2cc(C(=O)Nc3ccc(C)cc3)c(=O)c3ccc(C)nc32)cc1. The van der Waals surface area contributed by atoms with Gasteiger partial charge in [-0.15, -0.1) is 0 Å². The lowest BCUT2D eigenvalue weighted by molar-refractivity contribution is -0.116. The fraction of sp³-hybridized carbons (Fsp3) is 0.154. The zero-order valence-corrected chi connectivity index (χ0v) is 18.7. The molecule has 0 atom stereocenters. The van der Waals surface area contributed by atoms with E-state index in [0.717, 1.165) is 11.1 Å². The largest absolute Gasteiger partial charge is 0.325 e. The predicted molar refractivity (Wildman–Crippen MR) is 130 cm³/mol. The van der Waals surface area contributed by atoms with Gasteiger partial charge in [0.05, 0.1) is 5.39 Å². The van der Waals surface area contributed by atoms with Crippen LogP contribution in [0.3, 0.4) is 0 Å². The zero-order chi connectivity index (χ0) is 23.5. The average Bonchev–Trinajstić information content (AvgIpc) is 2.78. The summed E-state index contributed by atoms with van der Waals surface area (Å²) >= 11 is 0. The highest BCUT2D eigenvalue weighted by molar-refractivity contribution is 6.05. The van der Waals surface area contributed by atoms with Gasteiger partial charge in [0.1, 0.15) is 17.8 Å². The third-order valence-corrected chi connectivity index (χ3v) is 5.26. The lowest BCUT2D eigenvalue weighted by Crippen LogP contribution is -2.27. The molecule has 166 valence electrons. The van der Waals surface area contributed by atoms with Gasteiger partial charge in [-0.3, -0.25) is 14.4 Å². The van der Waals surface area contributed by atoms with Crippen LogP contribution in [0, 0.1) is 20.8 Å². The lowest BCUT2D eigenvalue weighted by atomic mass is 10.1. The monoisotopic (exact) mass is 440 g/mol. The molecular formula is C26H24N4O3. The minimum atomic E-state index is -0.543. The maximum absolute atomic E-state index is 13.1.